The summed E-state index contributed by atoms with van der Waals surface area (Å²) in [6.45, 7) is 4.25. The summed E-state index contributed by atoms with van der Waals surface area (Å²) in [6.07, 6.45) is 1.88. The first-order valence-corrected chi connectivity index (χ1v) is 4.62. The lowest BCUT2D eigenvalue weighted by atomic mass is 10.3. The first-order chi connectivity index (χ1) is 6.78. The van der Waals surface area contributed by atoms with Crippen molar-refractivity contribution in [3.63, 3.8) is 0 Å². The number of carbonyl (C=O) groups excluding carboxylic acids is 1. The summed E-state index contributed by atoms with van der Waals surface area (Å²) in [5.74, 6) is 0.733. The van der Waals surface area contributed by atoms with Crippen molar-refractivity contribution in [3.05, 3.63) is 24.3 Å². The summed E-state index contributed by atoms with van der Waals surface area (Å²) in [5, 5.41) is 2.52. The Hall–Kier alpha value is -1.51. The minimum absolute atomic E-state index is 0.634. The zero-order chi connectivity index (χ0) is 10.8. The predicted octanol–water partition coefficient (Wildman–Crippen LogP) is 2.68. The van der Waals surface area contributed by atoms with Crippen molar-refractivity contribution in [2.75, 3.05) is 12.4 Å². The second kappa shape index (κ2) is 8.10. The van der Waals surface area contributed by atoms with E-state index in [1.807, 2.05) is 12.1 Å². The number of methoxy groups -OCH3 is 1. The monoisotopic (exact) mass is 195 g/mol. The fourth-order valence-corrected chi connectivity index (χ4v) is 0.781. The summed E-state index contributed by atoms with van der Waals surface area (Å²) in [7, 11) is 1.58. The molecule has 1 aromatic carbocycles. The Morgan fingerprint density at radius 1 is 1.43 bits per heavy atom. The largest absolute Gasteiger partial charge is 0.497 e. The molecule has 14 heavy (non-hydrogen) atoms. The second-order valence-electron chi connectivity index (χ2n) is 2.70. The van der Waals surface area contributed by atoms with Crippen molar-refractivity contribution < 1.29 is 9.53 Å². The van der Waals surface area contributed by atoms with Crippen LogP contribution in [0.4, 0.5) is 5.69 Å². The third-order valence-electron chi connectivity index (χ3n) is 1.30. The standard InChI is InChI=1S/C8H9NO2.C3H8/c1-11-8-4-2-3-7(5-8)9-6-10;1-3-2/h2-6H,1H3,(H,9,10);3H2,1-2H3. The average Bonchev–Trinajstić information content (AvgIpc) is 2.20. The molecule has 0 unspecified atom stereocenters. The third-order valence-corrected chi connectivity index (χ3v) is 1.30. The topological polar surface area (TPSA) is 38.3 Å². The lowest BCUT2D eigenvalue weighted by molar-refractivity contribution is -0.105. The van der Waals surface area contributed by atoms with Gasteiger partial charge in [0.25, 0.3) is 0 Å². The molecule has 0 radical (unpaired) electrons. The van der Waals surface area contributed by atoms with Crippen molar-refractivity contribution in [1.82, 2.24) is 0 Å². The van der Waals surface area contributed by atoms with Gasteiger partial charge in [-0.25, -0.2) is 0 Å². The summed E-state index contributed by atoms with van der Waals surface area (Å²) in [6, 6.07) is 7.16. The second-order valence-corrected chi connectivity index (χ2v) is 2.70. The summed E-state index contributed by atoms with van der Waals surface area (Å²) < 4.78 is 4.95. The molecule has 0 aliphatic carbocycles. The van der Waals surface area contributed by atoms with Crippen LogP contribution in [0.2, 0.25) is 0 Å². The fourth-order valence-electron chi connectivity index (χ4n) is 0.781. The molecule has 78 valence electrons. The molecule has 1 N–H and O–H groups in total. The number of hydrogen-bond donors (Lipinski definition) is 1. The molecule has 3 nitrogen and oxygen atoms in total. The van der Waals surface area contributed by atoms with Gasteiger partial charge in [-0.15, -0.1) is 0 Å². The SMILES string of the molecule is CCC.COc1cccc(NC=O)c1. The van der Waals surface area contributed by atoms with Gasteiger partial charge in [0.05, 0.1) is 7.11 Å². The molecule has 0 saturated carbocycles. The molecular weight excluding hydrogens is 178 g/mol. The molecule has 1 amide bonds. The number of anilines is 1. The summed E-state index contributed by atoms with van der Waals surface area (Å²) in [5.41, 5.74) is 0.736. The highest BCUT2D eigenvalue weighted by molar-refractivity contribution is 5.71. The van der Waals surface area contributed by atoms with Crippen LogP contribution in [0.3, 0.4) is 0 Å². The maximum absolute atomic E-state index is 10.0. The van der Waals surface area contributed by atoms with E-state index in [0.29, 0.717) is 6.41 Å². The van der Waals surface area contributed by atoms with Gasteiger partial charge >= 0.3 is 0 Å². The van der Waals surface area contributed by atoms with Crippen LogP contribution in [-0.4, -0.2) is 13.5 Å². The highest BCUT2D eigenvalue weighted by Crippen LogP contribution is 2.15. The van der Waals surface area contributed by atoms with E-state index in [1.54, 1.807) is 19.2 Å². The molecule has 3 heteroatoms. The first kappa shape index (κ1) is 12.5. The van der Waals surface area contributed by atoms with Gasteiger partial charge in [-0.2, -0.15) is 0 Å². The van der Waals surface area contributed by atoms with Crippen LogP contribution in [-0.2, 0) is 4.79 Å². The number of carbonyl (C=O) groups is 1. The molecule has 1 rings (SSSR count). The molecule has 0 heterocycles. The van der Waals surface area contributed by atoms with Crippen molar-refractivity contribution in [2.24, 2.45) is 0 Å². The third kappa shape index (κ3) is 5.19. The number of hydrogen-bond acceptors (Lipinski definition) is 2. The Morgan fingerprint density at radius 3 is 2.57 bits per heavy atom. The van der Waals surface area contributed by atoms with Gasteiger partial charge in [0.2, 0.25) is 6.41 Å². The fraction of sp³-hybridized carbons (Fsp3) is 0.364. The van der Waals surface area contributed by atoms with Gasteiger partial charge < -0.3 is 10.1 Å². The predicted molar refractivity (Wildman–Crippen MR) is 58.6 cm³/mol. The van der Waals surface area contributed by atoms with E-state index in [0.717, 1.165) is 11.4 Å². The van der Waals surface area contributed by atoms with E-state index < -0.39 is 0 Å². The Morgan fingerprint density at radius 2 is 2.07 bits per heavy atom. The van der Waals surface area contributed by atoms with Gasteiger partial charge in [0, 0.05) is 11.8 Å². The molecule has 1 aromatic rings. The molecule has 0 aliphatic rings. The van der Waals surface area contributed by atoms with Crippen LogP contribution in [0, 0.1) is 0 Å². The number of nitrogens with one attached hydrogen (secondary N) is 1. The Bertz CT molecular complexity index is 261. The number of amides is 1. The lowest BCUT2D eigenvalue weighted by Crippen LogP contribution is -1.93. The number of ether oxygens (including phenoxy) is 1. The van der Waals surface area contributed by atoms with Crippen molar-refractivity contribution >= 4 is 12.1 Å². The maximum Gasteiger partial charge on any atom is 0.211 e. The van der Waals surface area contributed by atoms with E-state index >= 15 is 0 Å². The van der Waals surface area contributed by atoms with E-state index in [1.165, 1.54) is 6.42 Å². The van der Waals surface area contributed by atoms with E-state index in [-0.39, 0.29) is 0 Å². The minimum Gasteiger partial charge on any atom is -0.497 e. The van der Waals surface area contributed by atoms with Gasteiger partial charge in [0.1, 0.15) is 5.75 Å². The molecule has 0 atom stereocenters. The molecular formula is C11H17NO2. The average molecular weight is 195 g/mol. The minimum atomic E-state index is 0.634. The molecule has 0 bridgehead atoms. The van der Waals surface area contributed by atoms with Crippen LogP contribution in [0.15, 0.2) is 24.3 Å². The smallest absolute Gasteiger partial charge is 0.211 e. The molecule has 0 spiro atoms. The zero-order valence-electron chi connectivity index (χ0n) is 8.91. The Balaban J connectivity index is 0.000000500. The van der Waals surface area contributed by atoms with Gasteiger partial charge in [-0.3, -0.25) is 4.79 Å². The van der Waals surface area contributed by atoms with Crippen LogP contribution < -0.4 is 10.1 Å². The van der Waals surface area contributed by atoms with E-state index in [9.17, 15) is 4.79 Å². The van der Waals surface area contributed by atoms with E-state index in [4.69, 9.17) is 4.74 Å². The van der Waals surface area contributed by atoms with Crippen LogP contribution in [0.25, 0.3) is 0 Å². The highest BCUT2D eigenvalue weighted by atomic mass is 16.5. The van der Waals surface area contributed by atoms with Gasteiger partial charge in [0.15, 0.2) is 0 Å². The Labute approximate surface area is 85.1 Å². The number of benzene rings is 1. The lowest BCUT2D eigenvalue weighted by Gasteiger charge is -2.01. The van der Waals surface area contributed by atoms with Crippen LogP contribution in [0.1, 0.15) is 20.3 Å². The summed E-state index contributed by atoms with van der Waals surface area (Å²) in [4.78, 5) is 10.0. The quantitative estimate of drug-likeness (QED) is 0.753. The van der Waals surface area contributed by atoms with Crippen molar-refractivity contribution in [1.29, 1.82) is 0 Å². The number of rotatable bonds is 3. The first-order valence-electron chi connectivity index (χ1n) is 4.62. The Kier molecular flexibility index (Phi) is 7.23. The van der Waals surface area contributed by atoms with Gasteiger partial charge in [-0.05, 0) is 12.1 Å². The van der Waals surface area contributed by atoms with Crippen LogP contribution >= 0.6 is 0 Å². The van der Waals surface area contributed by atoms with Crippen LogP contribution in [0.5, 0.6) is 5.75 Å². The van der Waals surface area contributed by atoms with Crippen molar-refractivity contribution in [2.45, 2.75) is 20.3 Å². The summed E-state index contributed by atoms with van der Waals surface area (Å²) >= 11 is 0. The van der Waals surface area contributed by atoms with Gasteiger partial charge in [-0.1, -0.05) is 26.3 Å². The van der Waals surface area contributed by atoms with E-state index in [2.05, 4.69) is 19.2 Å². The molecule has 0 aliphatic heterocycles. The molecule has 0 aromatic heterocycles. The highest BCUT2D eigenvalue weighted by Gasteiger charge is 1.91. The zero-order valence-corrected chi connectivity index (χ0v) is 8.91. The molecule has 0 fully saturated rings. The maximum atomic E-state index is 10.0. The normalized spacial score (nSPS) is 8.21. The molecule has 0 saturated heterocycles. The van der Waals surface area contributed by atoms with Crippen molar-refractivity contribution in [3.8, 4) is 5.75 Å².